The zero-order chi connectivity index (χ0) is 17.2. The van der Waals surface area contributed by atoms with Gasteiger partial charge in [-0.15, -0.1) is 0 Å². The molecule has 9 heteroatoms. The van der Waals surface area contributed by atoms with Gasteiger partial charge >= 0.3 is 5.97 Å². The van der Waals surface area contributed by atoms with E-state index in [2.05, 4.69) is 0 Å². The molecule has 0 radical (unpaired) electrons. The van der Waals surface area contributed by atoms with Crippen molar-refractivity contribution >= 4 is 32.7 Å². The molecule has 23 heavy (non-hydrogen) atoms. The molecule has 1 aromatic heterocycles. The number of carboxylic acid groups (broad SMARTS) is 1. The highest BCUT2D eigenvalue weighted by Gasteiger charge is 2.23. The van der Waals surface area contributed by atoms with Gasteiger partial charge in [0, 0.05) is 12.3 Å². The number of ketones is 1. The van der Waals surface area contributed by atoms with Crippen LogP contribution in [0.25, 0.3) is 11.0 Å². The molecule has 2 rings (SSSR count). The summed E-state index contributed by atoms with van der Waals surface area (Å²) in [5.74, 6) is -1.40. The molecule has 0 spiro atoms. The first kappa shape index (κ1) is 17.0. The Hall–Kier alpha value is -2.39. The number of fused-ring (bicyclic) bond motifs is 1. The third-order valence-electron chi connectivity index (χ3n) is 2.96. The van der Waals surface area contributed by atoms with Crippen LogP contribution >= 0.6 is 0 Å². The average Bonchev–Trinajstić information content (AvgIpc) is 2.91. The number of nitrogens with one attached hydrogen (secondary N) is 1. The summed E-state index contributed by atoms with van der Waals surface area (Å²) >= 11 is 0. The van der Waals surface area contributed by atoms with Crippen LogP contribution in [-0.2, 0) is 14.8 Å². The molecule has 1 heterocycles. The maximum absolute atomic E-state index is 12.3. The summed E-state index contributed by atoms with van der Waals surface area (Å²) in [5.41, 5.74) is 0.121. The maximum Gasteiger partial charge on any atom is 0.318 e. The number of rotatable bonds is 7. The summed E-state index contributed by atoms with van der Waals surface area (Å²) in [6.07, 6.45) is 0. The van der Waals surface area contributed by atoms with E-state index >= 15 is 0 Å². The molecule has 0 amide bonds. The highest BCUT2D eigenvalue weighted by Crippen LogP contribution is 2.34. The molecule has 8 nitrogen and oxygen atoms in total. The topological polar surface area (TPSA) is 123 Å². The molecule has 0 fully saturated rings. The van der Waals surface area contributed by atoms with Gasteiger partial charge < -0.3 is 14.3 Å². The minimum absolute atomic E-state index is 0.0122. The van der Waals surface area contributed by atoms with E-state index in [1.165, 1.54) is 25.1 Å². The Kier molecular flexibility index (Phi) is 4.71. The third kappa shape index (κ3) is 3.51. The van der Waals surface area contributed by atoms with Crippen molar-refractivity contribution in [3.63, 3.8) is 0 Å². The first-order valence-electron chi connectivity index (χ1n) is 6.68. The number of ether oxygens (including phenoxy) is 1. The number of carboxylic acids is 1. The zero-order valence-electron chi connectivity index (χ0n) is 12.5. The summed E-state index contributed by atoms with van der Waals surface area (Å²) in [6, 6.07) is 3.97. The second kappa shape index (κ2) is 6.39. The number of hydrogen-bond donors (Lipinski definition) is 2. The molecule has 0 aliphatic carbocycles. The highest BCUT2D eigenvalue weighted by atomic mass is 32.2. The molecule has 0 aliphatic rings. The normalized spacial score (nSPS) is 11.6. The van der Waals surface area contributed by atoms with Crippen molar-refractivity contribution in [2.24, 2.45) is 0 Å². The van der Waals surface area contributed by atoms with Crippen LogP contribution in [0.4, 0.5) is 0 Å². The lowest BCUT2D eigenvalue weighted by Crippen LogP contribution is -2.29. The fourth-order valence-corrected chi connectivity index (χ4v) is 3.14. The molecule has 2 N–H and O–H groups in total. The van der Waals surface area contributed by atoms with Gasteiger partial charge in [0.25, 0.3) is 0 Å². The number of hydrogen-bond acceptors (Lipinski definition) is 6. The second-order valence-electron chi connectivity index (χ2n) is 4.62. The number of aliphatic carboxylic acids is 1. The number of carbonyl (C=O) groups is 2. The van der Waals surface area contributed by atoms with Crippen molar-refractivity contribution in [1.29, 1.82) is 0 Å². The van der Waals surface area contributed by atoms with Gasteiger partial charge in [-0.2, -0.15) is 4.72 Å². The van der Waals surface area contributed by atoms with Crippen molar-refractivity contribution in [3.05, 3.63) is 24.0 Å². The zero-order valence-corrected chi connectivity index (χ0v) is 13.3. The average molecular weight is 341 g/mol. The summed E-state index contributed by atoms with van der Waals surface area (Å²) in [6.45, 7) is 2.61. The van der Waals surface area contributed by atoms with Crippen LogP contribution in [-0.4, -0.2) is 38.4 Å². The minimum Gasteiger partial charge on any atom is -0.490 e. The van der Waals surface area contributed by atoms with Crippen molar-refractivity contribution in [1.82, 2.24) is 4.72 Å². The van der Waals surface area contributed by atoms with Crippen LogP contribution in [0.1, 0.15) is 24.4 Å². The van der Waals surface area contributed by atoms with Crippen LogP contribution in [0.3, 0.4) is 0 Å². The molecule has 2 aromatic rings. The molecule has 0 saturated heterocycles. The van der Waals surface area contributed by atoms with E-state index in [-0.39, 0.29) is 27.4 Å². The predicted octanol–water partition coefficient (Wildman–Crippen LogP) is 1.40. The monoisotopic (exact) mass is 341 g/mol. The fraction of sp³-hybridized carbons (Fsp3) is 0.286. The van der Waals surface area contributed by atoms with Crippen molar-refractivity contribution in [2.75, 3.05) is 13.2 Å². The van der Waals surface area contributed by atoms with Gasteiger partial charge in [-0.1, -0.05) is 0 Å². The molecular formula is C14H15NO7S. The van der Waals surface area contributed by atoms with Gasteiger partial charge in [0.15, 0.2) is 22.9 Å². The van der Waals surface area contributed by atoms with Crippen LogP contribution in [0.15, 0.2) is 27.5 Å². The Balaban J connectivity index is 2.63. The fourth-order valence-electron chi connectivity index (χ4n) is 1.99. The maximum atomic E-state index is 12.3. The first-order valence-corrected chi connectivity index (χ1v) is 8.16. The van der Waals surface area contributed by atoms with Gasteiger partial charge in [-0.3, -0.25) is 9.59 Å². The van der Waals surface area contributed by atoms with Crippen molar-refractivity contribution in [2.45, 2.75) is 18.7 Å². The summed E-state index contributed by atoms with van der Waals surface area (Å²) in [5, 5.41) is 8.77. The number of furan rings is 1. The smallest absolute Gasteiger partial charge is 0.318 e. The predicted molar refractivity (Wildman–Crippen MR) is 80.2 cm³/mol. The van der Waals surface area contributed by atoms with Gasteiger partial charge in [0.05, 0.1) is 11.5 Å². The lowest BCUT2D eigenvalue weighted by Gasteiger charge is -2.08. The van der Waals surface area contributed by atoms with E-state index in [0.717, 1.165) is 0 Å². The van der Waals surface area contributed by atoms with E-state index in [9.17, 15) is 18.0 Å². The molecule has 0 aliphatic heterocycles. The van der Waals surface area contributed by atoms with Crippen molar-refractivity contribution in [3.8, 4) is 5.75 Å². The van der Waals surface area contributed by atoms with Crippen molar-refractivity contribution < 1.29 is 32.3 Å². The first-order chi connectivity index (χ1) is 10.8. The van der Waals surface area contributed by atoms with Gasteiger partial charge in [-0.25, -0.2) is 8.42 Å². The van der Waals surface area contributed by atoms with Gasteiger partial charge in [-0.05, 0) is 25.1 Å². The summed E-state index contributed by atoms with van der Waals surface area (Å²) < 4.78 is 37.2. The number of benzene rings is 1. The quantitative estimate of drug-likeness (QED) is 0.730. The number of Topliss-reactive ketones (excluding diaryl/α,β-unsaturated/α-hetero) is 1. The molecule has 1 aromatic carbocycles. The molecule has 0 unspecified atom stereocenters. The van der Waals surface area contributed by atoms with E-state index in [0.29, 0.717) is 12.4 Å². The SMILES string of the molecule is CCOc1ccc(S(=O)(=O)NCC(=O)O)c2cc(C(C)=O)oc12. The van der Waals surface area contributed by atoms with E-state index < -0.39 is 22.5 Å². The van der Waals surface area contributed by atoms with Crippen LogP contribution < -0.4 is 9.46 Å². The molecule has 0 atom stereocenters. The molecule has 0 saturated carbocycles. The molecular weight excluding hydrogens is 326 g/mol. The highest BCUT2D eigenvalue weighted by molar-refractivity contribution is 7.89. The van der Waals surface area contributed by atoms with Crippen LogP contribution in [0.2, 0.25) is 0 Å². The Morgan fingerprint density at radius 3 is 2.61 bits per heavy atom. The minimum atomic E-state index is -4.08. The standard InChI is InChI=1S/C14H15NO7S/c1-3-21-10-4-5-12(23(19,20)15-7-13(17)18)9-6-11(8(2)16)22-14(9)10/h4-6,15H,3,7H2,1-2H3,(H,17,18). The van der Waals surface area contributed by atoms with Gasteiger partial charge in [0.1, 0.15) is 6.54 Å². The largest absolute Gasteiger partial charge is 0.490 e. The summed E-state index contributed by atoms with van der Waals surface area (Å²) in [4.78, 5) is 21.9. The number of sulfonamides is 1. The molecule has 124 valence electrons. The van der Waals surface area contributed by atoms with E-state index in [1.807, 2.05) is 4.72 Å². The Morgan fingerprint density at radius 2 is 2.04 bits per heavy atom. The van der Waals surface area contributed by atoms with Gasteiger partial charge in [0.2, 0.25) is 10.0 Å². The summed E-state index contributed by atoms with van der Waals surface area (Å²) in [7, 11) is -4.08. The van der Waals surface area contributed by atoms with E-state index in [1.54, 1.807) is 6.92 Å². The van der Waals surface area contributed by atoms with E-state index in [4.69, 9.17) is 14.3 Å². The Labute approximate surface area is 132 Å². The third-order valence-corrected chi connectivity index (χ3v) is 4.42. The Morgan fingerprint density at radius 1 is 1.35 bits per heavy atom. The lowest BCUT2D eigenvalue weighted by atomic mass is 10.2. The lowest BCUT2D eigenvalue weighted by molar-refractivity contribution is -0.135. The second-order valence-corrected chi connectivity index (χ2v) is 6.36. The number of carbonyl (C=O) groups excluding carboxylic acids is 1. The molecule has 0 bridgehead atoms. The van der Waals surface area contributed by atoms with Crippen LogP contribution in [0, 0.1) is 0 Å². The Bertz CT molecular complexity index is 867. The van der Waals surface area contributed by atoms with Crippen LogP contribution in [0.5, 0.6) is 5.75 Å².